The molecule has 0 heterocycles. The predicted molar refractivity (Wildman–Crippen MR) is 91.7 cm³/mol. The Bertz CT molecular complexity index is 292. The number of carbonyl (C=O) groups excluding carboxylic acids is 1. The SMILES string of the molecule is CCCCCCCCCCC/C=C/[C@@H](O)[C@H](CO)NC(C)=O. The van der Waals surface area contributed by atoms with E-state index in [2.05, 4.69) is 12.2 Å². The van der Waals surface area contributed by atoms with Crippen molar-refractivity contribution in [2.75, 3.05) is 6.61 Å². The van der Waals surface area contributed by atoms with Gasteiger partial charge in [-0.25, -0.2) is 0 Å². The molecule has 0 aromatic heterocycles. The van der Waals surface area contributed by atoms with Crippen LogP contribution in [-0.2, 0) is 4.79 Å². The molecule has 0 aliphatic rings. The van der Waals surface area contributed by atoms with Gasteiger partial charge in [0.2, 0.25) is 5.91 Å². The van der Waals surface area contributed by atoms with Gasteiger partial charge in [0.25, 0.3) is 0 Å². The summed E-state index contributed by atoms with van der Waals surface area (Å²) < 4.78 is 0. The molecule has 22 heavy (non-hydrogen) atoms. The lowest BCUT2D eigenvalue weighted by Gasteiger charge is -2.18. The third kappa shape index (κ3) is 12.8. The summed E-state index contributed by atoms with van der Waals surface area (Å²) in [6, 6.07) is -0.614. The standard InChI is InChI=1S/C18H35NO3/c1-3-4-5-6-7-8-9-10-11-12-13-14-18(22)17(15-20)19-16(2)21/h13-14,17-18,20,22H,3-12,15H2,1-2H3,(H,19,21)/b14-13+/t17-,18+/m0/s1. The monoisotopic (exact) mass is 313 g/mol. The van der Waals surface area contributed by atoms with Gasteiger partial charge in [0.05, 0.1) is 18.8 Å². The highest BCUT2D eigenvalue weighted by Gasteiger charge is 2.15. The fourth-order valence-corrected chi connectivity index (χ4v) is 2.44. The molecule has 0 aliphatic heterocycles. The van der Waals surface area contributed by atoms with Crippen molar-refractivity contribution in [2.45, 2.75) is 90.2 Å². The topological polar surface area (TPSA) is 69.6 Å². The van der Waals surface area contributed by atoms with Gasteiger partial charge in [-0.05, 0) is 12.8 Å². The smallest absolute Gasteiger partial charge is 0.217 e. The zero-order valence-electron chi connectivity index (χ0n) is 14.4. The largest absolute Gasteiger partial charge is 0.394 e. The van der Waals surface area contributed by atoms with Crippen molar-refractivity contribution in [2.24, 2.45) is 0 Å². The molecular formula is C18H35NO3. The second kappa shape index (κ2) is 15.0. The van der Waals surface area contributed by atoms with Crippen LogP contribution in [0.4, 0.5) is 0 Å². The van der Waals surface area contributed by atoms with Gasteiger partial charge in [0.15, 0.2) is 0 Å². The Hall–Kier alpha value is -0.870. The van der Waals surface area contributed by atoms with Crippen LogP contribution in [0, 0.1) is 0 Å². The fraction of sp³-hybridized carbons (Fsp3) is 0.833. The van der Waals surface area contributed by atoms with Gasteiger partial charge >= 0.3 is 0 Å². The zero-order valence-corrected chi connectivity index (χ0v) is 14.4. The molecular weight excluding hydrogens is 278 g/mol. The van der Waals surface area contributed by atoms with Gasteiger partial charge < -0.3 is 15.5 Å². The molecule has 0 spiro atoms. The minimum atomic E-state index is -0.826. The Morgan fingerprint density at radius 2 is 1.59 bits per heavy atom. The van der Waals surface area contributed by atoms with Crippen LogP contribution in [0.3, 0.4) is 0 Å². The summed E-state index contributed by atoms with van der Waals surface area (Å²) >= 11 is 0. The molecule has 0 fully saturated rings. The molecule has 0 rings (SSSR count). The van der Waals surface area contributed by atoms with E-state index in [0.29, 0.717) is 0 Å². The van der Waals surface area contributed by atoms with Crippen molar-refractivity contribution in [3.8, 4) is 0 Å². The van der Waals surface area contributed by atoms with Crippen LogP contribution in [0.2, 0.25) is 0 Å². The Morgan fingerprint density at radius 3 is 2.09 bits per heavy atom. The molecule has 1 amide bonds. The summed E-state index contributed by atoms with van der Waals surface area (Å²) in [5, 5.41) is 21.5. The average Bonchev–Trinajstić information content (AvgIpc) is 2.49. The number of hydrogen-bond acceptors (Lipinski definition) is 3. The molecule has 130 valence electrons. The highest BCUT2D eigenvalue weighted by atomic mass is 16.3. The number of carbonyl (C=O) groups is 1. The van der Waals surface area contributed by atoms with Crippen LogP contribution in [0.25, 0.3) is 0 Å². The molecule has 0 radical (unpaired) electrons. The first-order valence-electron chi connectivity index (χ1n) is 8.84. The summed E-state index contributed by atoms with van der Waals surface area (Å²) in [6.07, 6.45) is 15.4. The molecule has 0 aromatic carbocycles. The normalized spacial score (nSPS) is 14.2. The number of amides is 1. The van der Waals surface area contributed by atoms with E-state index >= 15 is 0 Å². The second-order valence-electron chi connectivity index (χ2n) is 6.03. The molecule has 4 nitrogen and oxygen atoms in total. The summed E-state index contributed by atoms with van der Waals surface area (Å²) in [5.74, 6) is -0.245. The third-order valence-corrected chi connectivity index (χ3v) is 3.81. The van der Waals surface area contributed by atoms with E-state index in [0.717, 1.165) is 12.8 Å². The predicted octanol–water partition coefficient (Wildman–Crippen LogP) is 3.32. The molecule has 2 atom stereocenters. The number of aliphatic hydroxyl groups is 2. The Balaban J connectivity index is 3.54. The number of unbranched alkanes of at least 4 members (excludes halogenated alkanes) is 9. The van der Waals surface area contributed by atoms with Crippen LogP contribution in [0.15, 0.2) is 12.2 Å². The van der Waals surface area contributed by atoms with E-state index < -0.39 is 12.1 Å². The van der Waals surface area contributed by atoms with E-state index in [-0.39, 0.29) is 12.5 Å². The van der Waals surface area contributed by atoms with Gasteiger partial charge in [-0.2, -0.15) is 0 Å². The van der Waals surface area contributed by atoms with Crippen LogP contribution in [0.5, 0.6) is 0 Å². The van der Waals surface area contributed by atoms with Crippen molar-refractivity contribution in [3.63, 3.8) is 0 Å². The number of hydrogen-bond donors (Lipinski definition) is 3. The number of aliphatic hydroxyl groups excluding tert-OH is 2. The highest BCUT2D eigenvalue weighted by Crippen LogP contribution is 2.10. The van der Waals surface area contributed by atoms with Crippen molar-refractivity contribution >= 4 is 5.91 Å². The maximum Gasteiger partial charge on any atom is 0.217 e. The summed E-state index contributed by atoms with van der Waals surface area (Å²) in [5.41, 5.74) is 0. The minimum absolute atomic E-state index is 0.245. The van der Waals surface area contributed by atoms with E-state index in [1.54, 1.807) is 6.08 Å². The molecule has 0 saturated carbocycles. The molecule has 0 bridgehead atoms. The summed E-state index contributed by atoms with van der Waals surface area (Å²) in [4.78, 5) is 10.9. The first kappa shape index (κ1) is 21.1. The molecule has 0 aromatic rings. The van der Waals surface area contributed by atoms with Gasteiger partial charge in [0.1, 0.15) is 0 Å². The fourth-order valence-electron chi connectivity index (χ4n) is 2.44. The Kier molecular flexibility index (Phi) is 14.4. The van der Waals surface area contributed by atoms with Crippen molar-refractivity contribution in [1.82, 2.24) is 5.32 Å². The third-order valence-electron chi connectivity index (χ3n) is 3.81. The molecule has 0 unspecified atom stereocenters. The van der Waals surface area contributed by atoms with Crippen LogP contribution < -0.4 is 5.32 Å². The minimum Gasteiger partial charge on any atom is -0.394 e. The van der Waals surface area contributed by atoms with E-state index in [4.69, 9.17) is 5.11 Å². The van der Waals surface area contributed by atoms with Crippen LogP contribution in [0.1, 0.15) is 78.1 Å². The molecule has 0 saturated heterocycles. The Morgan fingerprint density at radius 1 is 1.05 bits per heavy atom. The molecule has 4 heteroatoms. The zero-order chi connectivity index (χ0) is 16.6. The first-order valence-corrected chi connectivity index (χ1v) is 8.84. The quantitative estimate of drug-likeness (QED) is 0.340. The first-order chi connectivity index (χ1) is 10.6. The average molecular weight is 313 g/mol. The lowest BCUT2D eigenvalue weighted by atomic mass is 10.1. The van der Waals surface area contributed by atoms with E-state index in [1.807, 2.05) is 6.08 Å². The maximum absolute atomic E-state index is 10.9. The number of nitrogens with one attached hydrogen (secondary N) is 1. The summed E-state index contributed by atoms with van der Waals surface area (Å²) in [7, 11) is 0. The highest BCUT2D eigenvalue weighted by molar-refractivity contribution is 5.73. The molecule has 3 N–H and O–H groups in total. The summed E-state index contributed by atoms with van der Waals surface area (Å²) in [6.45, 7) is 3.36. The lowest BCUT2D eigenvalue weighted by molar-refractivity contribution is -0.120. The van der Waals surface area contributed by atoms with Gasteiger partial charge in [-0.3, -0.25) is 4.79 Å². The van der Waals surface area contributed by atoms with E-state index in [1.165, 1.54) is 58.3 Å². The second-order valence-corrected chi connectivity index (χ2v) is 6.03. The van der Waals surface area contributed by atoms with Gasteiger partial charge in [-0.1, -0.05) is 70.4 Å². The van der Waals surface area contributed by atoms with Gasteiger partial charge in [0, 0.05) is 6.92 Å². The molecule has 0 aliphatic carbocycles. The Labute approximate surface area is 136 Å². The van der Waals surface area contributed by atoms with Crippen LogP contribution >= 0.6 is 0 Å². The van der Waals surface area contributed by atoms with E-state index in [9.17, 15) is 9.90 Å². The number of allylic oxidation sites excluding steroid dienone is 1. The van der Waals surface area contributed by atoms with Crippen LogP contribution in [-0.4, -0.2) is 34.9 Å². The maximum atomic E-state index is 10.9. The van der Waals surface area contributed by atoms with Crippen molar-refractivity contribution < 1.29 is 15.0 Å². The van der Waals surface area contributed by atoms with Crippen molar-refractivity contribution in [3.05, 3.63) is 12.2 Å². The lowest BCUT2D eigenvalue weighted by Crippen LogP contribution is -2.44. The van der Waals surface area contributed by atoms with Gasteiger partial charge in [-0.15, -0.1) is 0 Å². The number of rotatable bonds is 14. The van der Waals surface area contributed by atoms with Crippen molar-refractivity contribution in [1.29, 1.82) is 0 Å².